The Morgan fingerprint density at radius 2 is 0.789 bits per heavy atom. The Kier molecular flexibility index (Phi) is 12.3. The van der Waals surface area contributed by atoms with Gasteiger partial charge in [-0.15, -0.1) is 13.2 Å². The zero-order valence-electron chi connectivity index (χ0n) is 21.7. The van der Waals surface area contributed by atoms with E-state index in [9.17, 15) is 17.6 Å². The van der Waals surface area contributed by atoms with Gasteiger partial charge in [0.25, 0.3) is 0 Å². The Balaban J connectivity index is 1.11. The van der Waals surface area contributed by atoms with Crippen molar-refractivity contribution in [1.82, 2.24) is 0 Å². The van der Waals surface area contributed by atoms with Gasteiger partial charge in [-0.1, -0.05) is 75.6 Å². The molecule has 0 bridgehead atoms. The summed E-state index contributed by atoms with van der Waals surface area (Å²) >= 11 is 0. The molecule has 0 aliphatic carbocycles. The van der Waals surface area contributed by atoms with Gasteiger partial charge in [0.05, 0.1) is 13.2 Å². The minimum Gasteiger partial charge on any atom is -0.494 e. The Morgan fingerprint density at radius 3 is 1.21 bits per heavy atom. The summed E-state index contributed by atoms with van der Waals surface area (Å²) in [6.07, 6.45) is 6.83. The topological polar surface area (TPSA) is 27.7 Å². The van der Waals surface area contributed by atoms with Gasteiger partial charge in [-0.05, 0) is 72.5 Å². The molecule has 0 N–H and O–H groups in total. The fourth-order valence-corrected chi connectivity index (χ4v) is 4.12. The van der Waals surface area contributed by atoms with Crippen molar-refractivity contribution in [2.24, 2.45) is 0 Å². The van der Waals surface area contributed by atoms with Crippen LogP contribution < -0.4 is 14.2 Å². The van der Waals surface area contributed by atoms with Crippen molar-refractivity contribution in [1.29, 1.82) is 0 Å². The second-order valence-corrected chi connectivity index (χ2v) is 9.28. The summed E-state index contributed by atoms with van der Waals surface area (Å²) in [5, 5.41) is 0. The van der Waals surface area contributed by atoms with Crippen LogP contribution >= 0.6 is 0 Å². The van der Waals surface area contributed by atoms with Crippen LogP contribution in [-0.2, 0) is 0 Å². The molecule has 0 aromatic heterocycles. The lowest BCUT2D eigenvalue weighted by atomic mass is 10.1. The van der Waals surface area contributed by atoms with Crippen LogP contribution in [0.4, 0.5) is 17.6 Å². The summed E-state index contributed by atoms with van der Waals surface area (Å²) in [7, 11) is 0. The van der Waals surface area contributed by atoms with Crippen LogP contribution in [-0.4, -0.2) is 19.6 Å². The van der Waals surface area contributed by atoms with E-state index in [0.29, 0.717) is 19.0 Å². The van der Waals surface area contributed by atoms with E-state index in [1.807, 2.05) is 24.3 Å². The van der Waals surface area contributed by atoms with Crippen molar-refractivity contribution in [3.05, 3.63) is 78.6 Å². The van der Waals surface area contributed by atoms with Gasteiger partial charge in [0.2, 0.25) is 0 Å². The molecule has 0 fully saturated rings. The molecule has 0 spiro atoms. The molecule has 0 heterocycles. The number of hydrogen-bond acceptors (Lipinski definition) is 3. The standard InChI is InChI=1S/C31H36F4O3/c32-27-15-11-25(12-16-27)26-13-17-28(18-14-26)36-23-9-7-5-3-1-2-4-6-8-10-24-37-29-19-21-30(22-20-29)38-31(33,34)35/h11-22H,1-10,23-24H2. The third kappa shape index (κ3) is 11.9. The molecule has 38 heavy (non-hydrogen) atoms. The van der Waals surface area contributed by atoms with Crippen molar-refractivity contribution in [3.63, 3.8) is 0 Å². The molecule has 3 aromatic rings. The van der Waals surface area contributed by atoms with Crippen molar-refractivity contribution >= 4 is 0 Å². The minimum atomic E-state index is -4.68. The molecule has 0 amide bonds. The largest absolute Gasteiger partial charge is 0.573 e. The normalized spacial score (nSPS) is 11.4. The highest BCUT2D eigenvalue weighted by Gasteiger charge is 2.30. The number of rotatable bonds is 17. The van der Waals surface area contributed by atoms with Crippen LogP contribution in [0.1, 0.15) is 64.2 Å². The molecule has 0 unspecified atom stereocenters. The second kappa shape index (κ2) is 15.9. The predicted molar refractivity (Wildman–Crippen MR) is 142 cm³/mol. The lowest BCUT2D eigenvalue weighted by Gasteiger charge is -2.10. The van der Waals surface area contributed by atoms with Crippen molar-refractivity contribution in [2.75, 3.05) is 13.2 Å². The number of halogens is 4. The van der Waals surface area contributed by atoms with Gasteiger partial charge in [-0.3, -0.25) is 0 Å². The Bertz CT molecular complexity index is 1030. The van der Waals surface area contributed by atoms with Crippen molar-refractivity contribution < 1.29 is 31.8 Å². The quantitative estimate of drug-likeness (QED) is 0.128. The molecular formula is C31H36F4O3. The van der Waals surface area contributed by atoms with Gasteiger partial charge < -0.3 is 14.2 Å². The molecule has 0 atom stereocenters. The fraction of sp³-hybridized carbons (Fsp3) is 0.419. The number of hydrogen-bond donors (Lipinski definition) is 0. The molecule has 7 heteroatoms. The van der Waals surface area contributed by atoms with Crippen LogP contribution in [0.2, 0.25) is 0 Å². The number of unbranched alkanes of at least 4 members (excludes halogenated alkanes) is 9. The molecule has 3 nitrogen and oxygen atoms in total. The Morgan fingerprint density at radius 1 is 0.447 bits per heavy atom. The summed E-state index contributed by atoms with van der Waals surface area (Å²) in [4.78, 5) is 0. The van der Waals surface area contributed by atoms with Gasteiger partial charge in [0, 0.05) is 0 Å². The molecule has 0 aliphatic heterocycles. The lowest BCUT2D eigenvalue weighted by molar-refractivity contribution is -0.274. The van der Waals surface area contributed by atoms with Crippen LogP contribution in [0.15, 0.2) is 72.8 Å². The maximum atomic E-state index is 13.1. The van der Waals surface area contributed by atoms with Gasteiger partial charge in [0.1, 0.15) is 23.1 Å². The van der Waals surface area contributed by atoms with E-state index in [4.69, 9.17) is 9.47 Å². The van der Waals surface area contributed by atoms with Gasteiger partial charge in [-0.25, -0.2) is 4.39 Å². The average Bonchev–Trinajstić information content (AvgIpc) is 2.90. The second-order valence-electron chi connectivity index (χ2n) is 9.28. The highest BCUT2D eigenvalue weighted by atomic mass is 19.4. The predicted octanol–water partition coefficient (Wildman–Crippen LogP) is 9.75. The van der Waals surface area contributed by atoms with Crippen LogP contribution in [0.5, 0.6) is 17.2 Å². The van der Waals surface area contributed by atoms with Gasteiger partial charge >= 0.3 is 6.36 Å². The molecule has 0 radical (unpaired) electrons. The van der Waals surface area contributed by atoms with Crippen LogP contribution in [0.3, 0.4) is 0 Å². The summed E-state index contributed by atoms with van der Waals surface area (Å²) in [5.74, 6) is 0.923. The first-order valence-corrected chi connectivity index (χ1v) is 13.4. The summed E-state index contributed by atoms with van der Waals surface area (Å²) < 4.78 is 64.8. The zero-order chi connectivity index (χ0) is 27.1. The SMILES string of the molecule is Fc1ccc(-c2ccc(OCCCCCCCCCCCCOc3ccc(OC(F)(F)F)cc3)cc2)cc1. The number of benzene rings is 3. The molecule has 3 aromatic carbocycles. The molecular weight excluding hydrogens is 496 g/mol. The highest BCUT2D eigenvalue weighted by molar-refractivity contribution is 5.63. The molecule has 0 aliphatic rings. The number of alkyl halides is 3. The van der Waals surface area contributed by atoms with Crippen LogP contribution in [0.25, 0.3) is 11.1 Å². The van der Waals surface area contributed by atoms with E-state index in [1.54, 1.807) is 12.1 Å². The van der Waals surface area contributed by atoms with E-state index < -0.39 is 6.36 Å². The van der Waals surface area contributed by atoms with E-state index in [0.717, 1.165) is 49.0 Å². The van der Waals surface area contributed by atoms with Crippen molar-refractivity contribution in [2.45, 2.75) is 70.6 Å². The minimum absolute atomic E-state index is 0.233. The van der Waals surface area contributed by atoms with Crippen LogP contribution in [0, 0.1) is 5.82 Å². The Hall–Kier alpha value is -3.22. The van der Waals surface area contributed by atoms with E-state index in [2.05, 4.69) is 4.74 Å². The maximum absolute atomic E-state index is 13.1. The third-order valence-electron chi connectivity index (χ3n) is 6.17. The third-order valence-corrected chi connectivity index (χ3v) is 6.17. The van der Waals surface area contributed by atoms with Gasteiger partial charge in [-0.2, -0.15) is 0 Å². The molecule has 3 rings (SSSR count). The first-order chi connectivity index (χ1) is 18.4. The smallest absolute Gasteiger partial charge is 0.494 e. The highest BCUT2D eigenvalue weighted by Crippen LogP contribution is 2.25. The zero-order valence-corrected chi connectivity index (χ0v) is 21.7. The molecule has 0 saturated heterocycles. The monoisotopic (exact) mass is 532 g/mol. The first kappa shape index (κ1) is 29.3. The Labute approximate surface area is 222 Å². The van der Waals surface area contributed by atoms with Crippen molar-refractivity contribution in [3.8, 4) is 28.4 Å². The van der Waals surface area contributed by atoms with E-state index in [1.165, 1.54) is 68.5 Å². The van der Waals surface area contributed by atoms with E-state index >= 15 is 0 Å². The summed E-state index contributed by atoms with van der Waals surface area (Å²) in [6.45, 7) is 1.27. The first-order valence-electron chi connectivity index (χ1n) is 13.4. The average molecular weight is 533 g/mol. The number of ether oxygens (including phenoxy) is 3. The molecule has 206 valence electrons. The van der Waals surface area contributed by atoms with Gasteiger partial charge in [0.15, 0.2) is 0 Å². The fourth-order valence-electron chi connectivity index (χ4n) is 4.12. The summed E-state index contributed by atoms with van der Waals surface area (Å²) in [5.41, 5.74) is 2.02. The maximum Gasteiger partial charge on any atom is 0.573 e. The molecule has 0 saturated carbocycles. The summed E-state index contributed by atoms with van der Waals surface area (Å²) in [6, 6.07) is 19.9. The van der Waals surface area contributed by atoms with E-state index in [-0.39, 0.29) is 11.6 Å². The lowest BCUT2D eigenvalue weighted by Crippen LogP contribution is -2.16.